The molecular formula is C14H12ClF2NO. The maximum absolute atomic E-state index is 13.8. The highest BCUT2D eigenvalue weighted by Crippen LogP contribution is 2.23. The summed E-state index contributed by atoms with van der Waals surface area (Å²) in [5.41, 5.74) is 1.95. The van der Waals surface area contributed by atoms with E-state index in [4.69, 9.17) is 11.6 Å². The van der Waals surface area contributed by atoms with Crippen molar-refractivity contribution < 1.29 is 13.6 Å². The summed E-state index contributed by atoms with van der Waals surface area (Å²) in [5.74, 6) is -1.66. The zero-order valence-electron chi connectivity index (χ0n) is 10.5. The van der Waals surface area contributed by atoms with E-state index >= 15 is 0 Å². The Morgan fingerprint density at radius 3 is 2.53 bits per heavy atom. The molecule has 0 unspecified atom stereocenters. The molecule has 1 aromatic carbocycles. The summed E-state index contributed by atoms with van der Waals surface area (Å²) >= 11 is 5.54. The fourth-order valence-electron chi connectivity index (χ4n) is 2.15. The van der Waals surface area contributed by atoms with Gasteiger partial charge in [0.1, 0.15) is 11.6 Å². The minimum atomic E-state index is -0.674. The normalized spacial score (nSPS) is 10.8. The van der Waals surface area contributed by atoms with Gasteiger partial charge < -0.3 is 4.57 Å². The number of carbonyl (C=O) groups excluding carboxylic acids is 1. The number of alkyl halides is 1. The Kier molecular flexibility index (Phi) is 3.71. The maximum atomic E-state index is 13.8. The van der Waals surface area contributed by atoms with E-state index in [1.54, 1.807) is 24.5 Å². The molecule has 19 heavy (non-hydrogen) atoms. The number of halogens is 3. The average molecular weight is 284 g/mol. The van der Waals surface area contributed by atoms with Crippen molar-refractivity contribution in [3.63, 3.8) is 0 Å². The second-order valence-corrected chi connectivity index (χ2v) is 4.54. The van der Waals surface area contributed by atoms with Crippen LogP contribution in [0.25, 0.3) is 5.69 Å². The number of hydrogen-bond donors (Lipinski definition) is 0. The van der Waals surface area contributed by atoms with E-state index in [0.717, 1.165) is 6.07 Å². The summed E-state index contributed by atoms with van der Waals surface area (Å²) in [6.07, 6.45) is 0. The highest BCUT2D eigenvalue weighted by molar-refractivity contribution is 6.30. The number of carbonyl (C=O) groups is 1. The monoisotopic (exact) mass is 283 g/mol. The first-order valence-electron chi connectivity index (χ1n) is 5.69. The fraction of sp³-hybridized carbons (Fsp3) is 0.214. The van der Waals surface area contributed by atoms with Crippen molar-refractivity contribution in [1.29, 1.82) is 0 Å². The molecule has 0 N–H and O–H groups in total. The lowest BCUT2D eigenvalue weighted by Crippen LogP contribution is -2.05. The van der Waals surface area contributed by atoms with Crippen LogP contribution < -0.4 is 0 Å². The first-order chi connectivity index (χ1) is 8.95. The van der Waals surface area contributed by atoms with Crippen LogP contribution in [0, 0.1) is 25.5 Å². The van der Waals surface area contributed by atoms with Gasteiger partial charge in [-0.25, -0.2) is 8.78 Å². The highest BCUT2D eigenvalue weighted by Gasteiger charge is 2.17. The van der Waals surface area contributed by atoms with Gasteiger partial charge in [0.25, 0.3) is 0 Å². The van der Waals surface area contributed by atoms with Gasteiger partial charge in [-0.05, 0) is 32.0 Å². The lowest BCUT2D eigenvalue weighted by Gasteiger charge is -2.10. The largest absolute Gasteiger partial charge is 0.315 e. The summed E-state index contributed by atoms with van der Waals surface area (Å²) in [6.45, 7) is 3.45. The maximum Gasteiger partial charge on any atom is 0.179 e. The number of nitrogens with zero attached hydrogens (tertiary/aromatic N) is 1. The zero-order valence-corrected chi connectivity index (χ0v) is 11.3. The summed E-state index contributed by atoms with van der Waals surface area (Å²) < 4.78 is 28.3. The number of rotatable bonds is 3. The van der Waals surface area contributed by atoms with Crippen LogP contribution in [0.4, 0.5) is 8.78 Å². The molecule has 0 radical (unpaired) electrons. The third kappa shape index (κ3) is 2.40. The molecule has 0 aliphatic heterocycles. The predicted octanol–water partition coefficient (Wildman–Crippen LogP) is 3.79. The minimum absolute atomic E-state index is 0.129. The van der Waals surface area contributed by atoms with E-state index in [2.05, 4.69) is 0 Å². The molecule has 5 heteroatoms. The molecule has 2 aromatic rings. The summed E-state index contributed by atoms with van der Waals surface area (Å²) in [6, 6.07) is 5.00. The molecule has 0 amide bonds. The first kappa shape index (κ1) is 13.7. The van der Waals surface area contributed by atoms with Crippen molar-refractivity contribution in [2.75, 3.05) is 5.88 Å². The molecule has 0 aliphatic rings. The van der Waals surface area contributed by atoms with Gasteiger partial charge in [-0.15, -0.1) is 11.6 Å². The lowest BCUT2D eigenvalue weighted by atomic mass is 10.2. The zero-order chi connectivity index (χ0) is 14.2. The Hall–Kier alpha value is -1.68. The Bertz CT molecular complexity index is 649. The molecule has 0 bridgehead atoms. The van der Waals surface area contributed by atoms with Gasteiger partial charge in [0.2, 0.25) is 0 Å². The van der Waals surface area contributed by atoms with Gasteiger partial charge in [-0.1, -0.05) is 0 Å². The summed E-state index contributed by atoms with van der Waals surface area (Å²) in [5, 5.41) is 0. The molecule has 0 saturated heterocycles. The lowest BCUT2D eigenvalue weighted by molar-refractivity contribution is 0.102. The van der Waals surface area contributed by atoms with Gasteiger partial charge in [0, 0.05) is 23.0 Å². The van der Waals surface area contributed by atoms with E-state index in [1.165, 1.54) is 12.1 Å². The van der Waals surface area contributed by atoms with Gasteiger partial charge in [-0.3, -0.25) is 4.79 Å². The topological polar surface area (TPSA) is 22.0 Å². The van der Waals surface area contributed by atoms with Crippen molar-refractivity contribution in [3.05, 3.63) is 52.9 Å². The second-order valence-electron chi connectivity index (χ2n) is 4.27. The first-order valence-corrected chi connectivity index (χ1v) is 6.22. The number of aryl methyl sites for hydroxylation is 1. The van der Waals surface area contributed by atoms with Crippen molar-refractivity contribution in [3.8, 4) is 5.69 Å². The number of benzene rings is 1. The molecule has 0 fully saturated rings. The standard InChI is InChI=1S/C14H12ClF2NO/c1-8-5-11(14(19)7-15)9(2)18(8)13-4-3-10(16)6-12(13)17/h3-6H,7H2,1-2H3. The van der Waals surface area contributed by atoms with Crippen LogP contribution in [0.1, 0.15) is 21.7 Å². The quantitative estimate of drug-likeness (QED) is 0.620. The van der Waals surface area contributed by atoms with Gasteiger partial charge >= 0.3 is 0 Å². The number of hydrogen-bond acceptors (Lipinski definition) is 1. The van der Waals surface area contributed by atoms with E-state index in [0.29, 0.717) is 17.0 Å². The van der Waals surface area contributed by atoms with Gasteiger partial charge in [0.15, 0.2) is 5.78 Å². The molecular weight excluding hydrogens is 272 g/mol. The summed E-state index contributed by atoms with van der Waals surface area (Å²) in [4.78, 5) is 11.7. The van der Waals surface area contributed by atoms with E-state index in [9.17, 15) is 13.6 Å². The van der Waals surface area contributed by atoms with Crippen LogP contribution in [0.5, 0.6) is 0 Å². The Morgan fingerprint density at radius 2 is 1.95 bits per heavy atom. The number of Topliss-reactive ketones (excluding diaryl/α,β-unsaturated/α-hetero) is 1. The third-order valence-corrected chi connectivity index (χ3v) is 3.25. The van der Waals surface area contributed by atoms with Crippen LogP contribution >= 0.6 is 11.6 Å². The smallest absolute Gasteiger partial charge is 0.179 e. The molecule has 0 saturated carbocycles. The van der Waals surface area contributed by atoms with E-state index < -0.39 is 11.6 Å². The molecule has 0 aliphatic carbocycles. The van der Waals surface area contributed by atoms with Gasteiger partial charge in [-0.2, -0.15) is 0 Å². The average Bonchev–Trinajstić information content (AvgIpc) is 2.65. The van der Waals surface area contributed by atoms with Crippen molar-refractivity contribution in [2.24, 2.45) is 0 Å². The van der Waals surface area contributed by atoms with Crippen LogP contribution in [-0.4, -0.2) is 16.2 Å². The minimum Gasteiger partial charge on any atom is -0.315 e. The predicted molar refractivity (Wildman–Crippen MR) is 70.2 cm³/mol. The van der Waals surface area contributed by atoms with Crippen molar-refractivity contribution >= 4 is 17.4 Å². The van der Waals surface area contributed by atoms with E-state index in [-0.39, 0.29) is 17.4 Å². The Morgan fingerprint density at radius 1 is 1.26 bits per heavy atom. The molecule has 1 heterocycles. The van der Waals surface area contributed by atoms with Crippen molar-refractivity contribution in [1.82, 2.24) is 4.57 Å². The molecule has 2 nitrogen and oxygen atoms in total. The van der Waals surface area contributed by atoms with Gasteiger partial charge in [0.05, 0.1) is 11.6 Å². The second kappa shape index (κ2) is 5.13. The number of aromatic nitrogens is 1. The Balaban J connectivity index is 2.63. The van der Waals surface area contributed by atoms with Crippen LogP contribution in [0.15, 0.2) is 24.3 Å². The molecule has 100 valence electrons. The molecule has 2 rings (SSSR count). The molecule has 0 spiro atoms. The third-order valence-electron chi connectivity index (χ3n) is 3.00. The van der Waals surface area contributed by atoms with Crippen LogP contribution in [-0.2, 0) is 0 Å². The number of ketones is 1. The molecule has 1 aromatic heterocycles. The van der Waals surface area contributed by atoms with Crippen LogP contribution in [0.2, 0.25) is 0 Å². The molecule has 0 atom stereocenters. The van der Waals surface area contributed by atoms with Crippen LogP contribution in [0.3, 0.4) is 0 Å². The Labute approximate surface area is 114 Å². The fourth-order valence-corrected chi connectivity index (χ4v) is 2.29. The SMILES string of the molecule is Cc1cc(C(=O)CCl)c(C)n1-c1ccc(F)cc1F. The highest BCUT2D eigenvalue weighted by atomic mass is 35.5. The van der Waals surface area contributed by atoms with E-state index in [1.807, 2.05) is 0 Å². The summed E-state index contributed by atoms with van der Waals surface area (Å²) in [7, 11) is 0. The van der Waals surface area contributed by atoms with Crippen molar-refractivity contribution in [2.45, 2.75) is 13.8 Å².